The molecule has 0 spiro atoms. The van der Waals surface area contributed by atoms with Crippen molar-refractivity contribution in [2.24, 2.45) is 10.9 Å². The number of nitrogens with zero attached hydrogens (tertiary/aromatic N) is 2. The van der Waals surface area contributed by atoms with Crippen molar-refractivity contribution in [2.45, 2.75) is 25.3 Å². The van der Waals surface area contributed by atoms with E-state index in [0.29, 0.717) is 23.2 Å². The lowest BCUT2D eigenvalue weighted by Gasteiger charge is -2.21. The van der Waals surface area contributed by atoms with E-state index in [4.69, 9.17) is 15.4 Å². The largest absolute Gasteiger partial charge is 0.457 e. The minimum absolute atomic E-state index is 0.0936. The summed E-state index contributed by atoms with van der Waals surface area (Å²) in [7, 11) is 0. The maximum Gasteiger partial charge on any atom is 0.258 e. The first kappa shape index (κ1) is 12.9. The van der Waals surface area contributed by atoms with E-state index in [1.54, 1.807) is 11.0 Å². The normalized spacial score (nSPS) is 15.7. The molecule has 3 N–H and O–H groups in total. The fourth-order valence-corrected chi connectivity index (χ4v) is 2.13. The number of oxime groups is 1. The fourth-order valence-electron chi connectivity index (χ4n) is 1.72. The van der Waals surface area contributed by atoms with Crippen LogP contribution in [0.2, 0.25) is 0 Å². The van der Waals surface area contributed by atoms with Gasteiger partial charge in [-0.05, 0) is 34.8 Å². The van der Waals surface area contributed by atoms with Gasteiger partial charge in [0.25, 0.3) is 5.91 Å². The van der Waals surface area contributed by atoms with Gasteiger partial charge in [0.05, 0.1) is 11.8 Å². The second-order valence-electron chi connectivity index (χ2n) is 4.18. The molecule has 7 heteroatoms. The average molecular weight is 316 g/mol. The number of halogens is 1. The Bertz CT molecular complexity index is 468. The first-order valence-electron chi connectivity index (χ1n) is 5.64. The van der Waals surface area contributed by atoms with Gasteiger partial charge < -0.3 is 20.3 Å². The van der Waals surface area contributed by atoms with Gasteiger partial charge in [0, 0.05) is 19.0 Å². The van der Waals surface area contributed by atoms with Crippen molar-refractivity contribution in [3.05, 3.63) is 22.6 Å². The van der Waals surface area contributed by atoms with E-state index in [0.717, 1.165) is 12.8 Å². The number of hydrogen-bond donors (Lipinski definition) is 2. The zero-order valence-corrected chi connectivity index (χ0v) is 11.3. The minimum atomic E-state index is -0.0936. The predicted molar refractivity (Wildman–Crippen MR) is 68.5 cm³/mol. The monoisotopic (exact) mass is 315 g/mol. The molecule has 1 aliphatic rings. The van der Waals surface area contributed by atoms with Crippen LogP contribution in [0.4, 0.5) is 0 Å². The summed E-state index contributed by atoms with van der Waals surface area (Å²) in [5.74, 6) is 0.0311. The summed E-state index contributed by atoms with van der Waals surface area (Å²) in [6.45, 7) is 0.441. The third kappa shape index (κ3) is 2.84. The van der Waals surface area contributed by atoms with Crippen molar-refractivity contribution in [3.8, 4) is 0 Å². The number of carbonyl (C=O) groups is 1. The Morgan fingerprint density at radius 2 is 2.39 bits per heavy atom. The van der Waals surface area contributed by atoms with E-state index >= 15 is 0 Å². The van der Waals surface area contributed by atoms with Crippen molar-refractivity contribution in [1.29, 1.82) is 0 Å². The molecule has 0 saturated heterocycles. The SMILES string of the molecule is N/C(CCN(C(=O)c1ccoc1Br)C1CC1)=N/O. The van der Waals surface area contributed by atoms with Crippen LogP contribution in [0.5, 0.6) is 0 Å². The molecule has 1 saturated carbocycles. The summed E-state index contributed by atoms with van der Waals surface area (Å²) in [5.41, 5.74) is 5.93. The standard InChI is InChI=1S/C11H14BrN3O3/c12-10-8(4-6-18-10)11(16)15(7-1-2-7)5-3-9(13)14-17/h4,6-7,17H,1-3,5H2,(H2,13,14). The molecule has 1 fully saturated rings. The summed E-state index contributed by atoms with van der Waals surface area (Å²) in [6.07, 6.45) is 3.81. The third-order valence-corrected chi connectivity index (χ3v) is 3.45. The first-order chi connectivity index (χ1) is 8.63. The van der Waals surface area contributed by atoms with Gasteiger partial charge in [-0.2, -0.15) is 0 Å². The van der Waals surface area contributed by atoms with Gasteiger partial charge in [0.2, 0.25) is 0 Å². The Balaban J connectivity index is 2.06. The topological polar surface area (TPSA) is 92.1 Å². The van der Waals surface area contributed by atoms with Gasteiger partial charge in [-0.15, -0.1) is 0 Å². The van der Waals surface area contributed by atoms with E-state index in [1.807, 2.05) is 0 Å². The molecule has 1 aromatic heterocycles. The average Bonchev–Trinajstić information content (AvgIpc) is 3.10. The Morgan fingerprint density at radius 3 is 2.89 bits per heavy atom. The molecule has 0 aromatic carbocycles. The molecule has 1 amide bonds. The Kier molecular flexibility index (Phi) is 3.90. The molecular weight excluding hydrogens is 302 g/mol. The Hall–Kier alpha value is -1.50. The summed E-state index contributed by atoms with van der Waals surface area (Å²) in [6, 6.07) is 1.89. The van der Waals surface area contributed by atoms with Gasteiger partial charge in [-0.1, -0.05) is 5.16 Å². The maximum absolute atomic E-state index is 12.3. The smallest absolute Gasteiger partial charge is 0.258 e. The van der Waals surface area contributed by atoms with Crippen LogP contribution in [0.1, 0.15) is 29.6 Å². The molecule has 18 heavy (non-hydrogen) atoms. The molecular formula is C11H14BrN3O3. The molecule has 0 aliphatic heterocycles. The van der Waals surface area contributed by atoms with Crippen molar-refractivity contribution in [1.82, 2.24) is 4.90 Å². The van der Waals surface area contributed by atoms with Crippen LogP contribution >= 0.6 is 15.9 Å². The number of nitrogens with two attached hydrogens (primary N) is 1. The molecule has 6 nitrogen and oxygen atoms in total. The highest BCUT2D eigenvalue weighted by Gasteiger charge is 2.34. The van der Waals surface area contributed by atoms with Gasteiger partial charge in [0.15, 0.2) is 4.67 Å². The predicted octanol–water partition coefficient (Wildman–Crippen LogP) is 1.78. The van der Waals surface area contributed by atoms with E-state index in [1.165, 1.54) is 6.26 Å². The van der Waals surface area contributed by atoms with Crippen LogP contribution in [0.3, 0.4) is 0 Å². The lowest BCUT2D eigenvalue weighted by molar-refractivity contribution is 0.0745. The van der Waals surface area contributed by atoms with E-state index in [-0.39, 0.29) is 17.8 Å². The van der Waals surface area contributed by atoms with Crippen LogP contribution in [-0.2, 0) is 0 Å². The van der Waals surface area contributed by atoms with Crippen LogP contribution in [-0.4, -0.2) is 34.4 Å². The number of carbonyl (C=O) groups excluding carboxylic acids is 1. The third-order valence-electron chi connectivity index (χ3n) is 2.83. The van der Waals surface area contributed by atoms with Crippen molar-refractivity contribution < 1.29 is 14.4 Å². The number of amides is 1. The second kappa shape index (κ2) is 5.43. The molecule has 98 valence electrons. The summed E-state index contributed by atoms with van der Waals surface area (Å²) in [5, 5.41) is 11.4. The van der Waals surface area contributed by atoms with Crippen molar-refractivity contribution in [3.63, 3.8) is 0 Å². The Morgan fingerprint density at radius 1 is 1.67 bits per heavy atom. The highest BCUT2D eigenvalue weighted by Crippen LogP contribution is 2.30. The number of furan rings is 1. The molecule has 2 rings (SSSR count). The zero-order valence-electron chi connectivity index (χ0n) is 9.67. The fraction of sp³-hybridized carbons (Fsp3) is 0.455. The van der Waals surface area contributed by atoms with Gasteiger partial charge in [-0.25, -0.2) is 0 Å². The van der Waals surface area contributed by atoms with E-state index in [9.17, 15) is 4.79 Å². The molecule has 0 unspecified atom stereocenters. The quantitative estimate of drug-likeness (QED) is 0.375. The van der Waals surface area contributed by atoms with Gasteiger partial charge in [-0.3, -0.25) is 4.79 Å². The highest BCUT2D eigenvalue weighted by atomic mass is 79.9. The molecule has 0 atom stereocenters. The minimum Gasteiger partial charge on any atom is -0.457 e. The highest BCUT2D eigenvalue weighted by molar-refractivity contribution is 9.10. The van der Waals surface area contributed by atoms with E-state index < -0.39 is 0 Å². The summed E-state index contributed by atoms with van der Waals surface area (Å²) >= 11 is 3.20. The summed E-state index contributed by atoms with van der Waals surface area (Å²) < 4.78 is 5.50. The van der Waals surface area contributed by atoms with Crippen LogP contribution in [0, 0.1) is 0 Å². The number of hydrogen-bond acceptors (Lipinski definition) is 4. The molecule has 0 radical (unpaired) electrons. The lowest BCUT2D eigenvalue weighted by Crippen LogP contribution is -2.35. The zero-order chi connectivity index (χ0) is 13.1. The van der Waals surface area contributed by atoms with Gasteiger partial charge in [0.1, 0.15) is 5.84 Å². The summed E-state index contributed by atoms with van der Waals surface area (Å²) in [4.78, 5) is 14.0. The lowest BCUT2D eigenvalue weighted by atomic mass is 10.2. The second-order valence-corrected chi connectivity index (χ2v) is 4.90. The maximum atomic E-state index is 12.3. The van der Waals surface area contributed by atoms with Crippen LogP contribution in [0.15, 0.2) is 26.6 Å². The van der Waals surface area contributed by atoms with Crippen molar-refractivity contribution >= 4 is 27.7 Å². The molecule has 1 aromatic rings. The molecule has 1 aliphatic carbocycles. The Labute approximate surface area is 113 Å². The van der Waals surface area contributed by atoms with E-state index in [2.05, 4.69) is 21.1 Å². The van der Waals surface area contributed by atoms with Crippen LogP contribution < -0.4 is 5.73 Å². The van der Waals surface area contributed by atoms with Gasteiger partial charge >= 0.3 is 0 Å². The number of rotatable bonds is 5. The molecule has 1 heterocycles. The molecule has 0 bridgehead atoms. The number of amidine groups is 1. The van der Waals surface area contributed by atoms with Crippen LogP contribution in [0.25, 0.3) is 0 Å². The first-order valence-corrected chi connectivity index (χ1v) is 6.43. The van der Waals surface area contributed by atoms with Crippen molar-refractivity contribution in [2.75, 3.05) is 6.54 Å².